The first-order chi connectivity index (χ1) is 7.47. The molecule has 1 rings (SSSR count). The Morgan fingerprint density at radius 3 is 2.38 bits per heavy atom. The summed E-state index contributed by atoms with van der Waals surface area (Å²) in [7, 11) is 5.47. The van der Waals surface area contributed by atoms with Crippen molar-refractivity contribution in [2.75, 3.05) is 21.2 Å². The van der Waals surface area contributed by atoms with E-state index in [-0.39, 0.29) is 11.8 Å². The summed E-state index contributed by atoms with van der Waals surface area (Å²) >= 11 is 0. The van der Waals surface area contributed by atoms with Crippen molar-refractivity contribution >= 4 is 5.78 Å². The molecule has 0 fully saturated rings. The van der Waals surface area contributed by atoms with Gasteiger partial charge in [0.25, 0.3) is 0 Å². The van der Waals surface area contributed by atoms with E-state index in [4.69, 9.17) is 4.74 Å². The molecule has 0 heterocycles. The van der Waals surface area contributed by atoms with Crippen LogP contribution in [0.25, 0.3) is 0 Å². The van der Waals surface area contributed by atoms with E-state index < -0.39 is 0 Å². The van der Waals surface area contributed by atoms with Gasteiger partial charge in [0.2, 0.25) is 0 Å². The van der Waals surface area contributed by atoms with Gasteiger partial charge in [0.05, 0.1) is 13.2 Å². The normalized spacial score (nSPS) is 12.6. The molecule has 1 aromatic rings. The molecule has 0 aliphatic heterocycles. The van der Waals surface area contributed by atoms with E-state index >= 15 is 0 Å². The highest BCUT2D eigenvalue weighted by atomic mass is 16.5. The fraction of sp³-hybridized carbons (Fsp3) is 0.462. The summed E-state index contributed by atoms with van der Waals surface area (Å²) in [6.45, 7) is 3.60. The van der Waals surface area contributed by atoms with E-state index in [2.05, 4.69) is 0 Å². The summed E-state index contributed by atoms with van der Waals surface area (Å²) in [5.41, 5.74) is 2.06. The molecular formula is C13H19NO2. The summed E-state index contributed by atoms with van der Waals surface area (Å²) < 4.78 is 5.20. The highest BCUT2D eigenvalue weighted by Gasteiger charge is 2.19. The van der Waals surface area contributed by atoms with Crippen molar-refractivity contribution < 1.29 is 9.53 Å². The van der Waals surface area contributed by atoms with Gasteiger partial charge in [-0.1, -0.05) is 12.1 Å². The number of methoxy groups -OCH3 is 1. The smallest absolute Gasteiger partial charge is 0.151 e. The molecule has 1 aromatic carbocycles. The molecule has 3 heteroatoms. The standard InChI is InChI=1S/C13H19NO2/c1-9-8-11(6-7-12(9)16-5)13(10(2)15)14(3)4/h6-8,13H,1-5H3. The third kappa shape index (κ3) is 2.61. The average molecular weight is 221 g/mol. The van der Waals surface area contributed by atoms with Crippen LogP contribution in [0.4, 0.5) is 0 Å². The maximum absolute atomic E-state index is 11.6. The van der Waals surface area contributed by atoms with E-state index in [1.54, 1.807) is 14.0 Å². The van der Waals surface area contributed by atoms with Crippen molar-refractivity contribution in [2.45, 2.75) is 19.9 Å². The third-order valence-electron chi connectivity index (χ3n) is 2.64. The minimum atomic E-state index is -0.176. The highest BCUT2D eigenvalue weighted by molar-refractivity contribution is 5.83. The lowest BCUT2D eigenvalue weighted by atomic mass is 10.00. The molecule has 0 bridgehead atoms. The van der Waals surface area contributed by atoms with Crippen molar-refractivity contribution in [1.29, 1.82) is 0 Å². The summed E-state index contributed by atoms with van der Waals surface area (Å²) in [4.78, 5) is 13.5. The third-order valence-corrected chi connectivity index (χ3v) is 2.64. The molecule has 1 unspecified atom stereocenters. The zero-order valence-corrected chi connectivity index (χ0v) is 10.6. The van der Waals surface area contributed by atoms with Crippen molar-refractivity contribution in [1.82, 2.24) is 4.90 Å². The Hall–Kier alpha value is -1.35. The first-order valence-corrected chi connectivity index (χ1v) is 5.28. The van der Waals surface area contributed by atoms with E-state index in [0.29, 0.717) is 0 Å². The van der Waals surface area contributed by atoms with Crippen molar-refractivity contribution in [3.8, 4) is 5.75 Å². The minimum absolute atomic E-state index is 0.148. The van der Waals surface area contributed by atoms with Gasteiger partial charge in [-0.25, -0.2) is 0 Å². The van der Waals surface area contributed by atoms with Gasteiger partial charge in [0, 0.05) is 0 Å². The second-order valence-corrected chi connectivity index (χ2v) is 4.21. The first-order valence-electron chi connectivity index (χ1n) is 5.28. The molecule has 0 amide bonds. The van der Waals surface area contributed by atoms with Gasteiger partial charge >= 0.3 is 0 Å². The molecule has 0 spiro atoms. The minimum Gasteiger partial charge on any atom is -0.496 e. The first kappa shape index (κ1) is 12.7. The van der Waals surface area contributed by atoms with Crippen LogP contribution in [-0.2, 0) is 4.79 Å². The number of benzene rings is 1. The van der Waals surface area contributed by atoms with Crippen LogP contribution in [0.15, 0.2) is 18.2 Å². The van der Waals surface area contributed by atoms with Gasteiger partial charge in [-0.05, 0) is 45.1 Å². The predicted molar refractivity (Wildman–Crippen MR) is 64.8 cm³/mol. The van der Waals surface area contributed by atoms with Gasteiger partial charge in [-0.15, -0.1) is 0 Å². The topological polar surface area (TPSA) is 29.5 Å². The van der Waals surface area contributed by atoms with Crippen LogP contribution >= 0.6 is 0 Å². The Morgan fingerprint density at radius 2 is 2.00 bits per heavy atom. The lowest BCUT2D eigenvalue weighted by Crippen LogP contribution is -2.26. The average Bonchev–Trinajstić information content (AvgIpc) is 2.16. The van der Waals surface area contributed by atoms with Crippen molar-refractivity contribution in [3.05, 3.63) is 29.3 Å². The number of hydrogen-bond acceptors (Lipinski definition) is 3. The van der Waals surface area contributed by atoms with Crippen LogP contribution in [0.3, 0.4) is 0 Å². The number of ether oxygens (including phenoxy) is 1. The molecule has 88 valence electrons. The maximum Gasteiger partial charge on any atom is 0.151 e. The quantitative estimate of drug-likeness (QED) is 0.780. The molecule has 0 aliphatic rings. The molecule has 0 N–H and O–H groups in total. The molecule has 0 aliphatic carbocycles. The summed E-state index contributed by atoms with van der Waals surface area (Å²) in [5, 5.41) is 0. The molecule has 0 saturated carbocycles. The Kier molecular flexibility index (Phi) is 4.07. The Morgan fingerprint density at radius 1 is 1.38 bits per heavy atom. The number of ketones is 1. The van der Waals surface area contributed by atoms with E-state index in [0.717, 1.165) is 16.9 Å². The summed E-state index contributed by atoms with van der Waals surface area (Å²) in [6, 6.07) is 5.68. The van der Waals surface area contributed by atoms with Gasteiger partial charge in [-0.2, -0.15) is 0 Å². The number of nitrogens with zero attached hydrogens (tertiary/aromatic N) is 1. The number of rotatable bonds is 4. The van der Waals surface area contributed by atoms with Gasteiger partial charge in [0.1, 0.15) is 5.75 Å². The summed E-state index contributed by atoms with van der Waals surface area (Å²) in [5.74, 6) is 0.999. The molecule has 0 saturated heterocycles. The highest BCUT2D eigenvalue weighted by Crippen LogP contribution is 2.25. The van der Waals surface area contributed by atoms with Gasteiger partial charge in [0.15, 0.2) is 5.78 Å². The number of Topliss-reactive ketones (excluding diaryl/α,β-unsaturated/α-hetero) is 1. The fourth-order valence-corrected chi connectivity index (χ4v) is 1.97. The molecule has 1 atom stereocenters. The number of likely N-dealkylation sites (N-methyl/N-ethyl adjacent to an activating group) is 1. The summed E-state index contributed by atoms with van der Waals surface area (Å²) in [6.07, 6.45) is 0. The maximum atomic E-state index is 11.6. The van der Waals surface area contributed by atoms with Crippen LogP contribution in [0.2, 0.25) is 0 Å². The Balaban J connectivity index is 3.12. The number of aryl methyl sites for hydroxylation is 1. The van der Waals surface area contributed by atoms with Crippen LogP contribution in [0.1, 0.15) is 24.1 Å². The number of hydrogen-bond donors (Lipinski definition) is 0. The second kappa shape index (κ2) is 5.12. The van der Waals surface area contributed by atoms with E-state index in [1.807, 2.05) is 44.1 Å². The Labute approximate surface area is 97.0 Å². The zero-order chi connectivity index (χ0) is 12.3. The van der Waals surface area contributed by atoms with Gasteiger partial charge in [-0.3, -0.25) is 9.69 Å². The predicted octanol–water partition coefficient (Wildman–Crippen LogP) is 2.20. The van der Waals surface area contributed by atoms with Crippen molar-refractivity contribution in [3.63, 3.8) is 0 Å². The zero-order valence-electron chi connectivity index (χ0n) is 10.6. The molecule has 16 heavy (non-hydrogen) atoms. The number of carbonyl (C=O) groups is 1. The number of carbonyl (C=O) groups excluding carboxylic acids is 1. The van der Waals surface area contributed by atoms with Crippen LogP contribution in [0, 0.1) is 6.92 Å². The van der Waals surface area contributed by atoms with Crippen LogP contribution < -0.4 is 4.74 Å². The molecule has 0 radical (unpaired) electrons. The second-order valence-electron chi connectivity index (χ2n) is 4.21. The van der Waals surface area contributed by atoms with E-state index in [1.165, 1.54) is 0 Å². The molecular weight excluding hydrogens is 202 g/mol. The lowest BCUT2D eigenvalue weighted by molar-refractivity contribution is -0.121. The molecule has 3 nitrogen and oxygen atoms in total. The monoisotopic (exact) mass is 221 g/mol. The van der Waals surface area contributed by atoms with Crippen LogP contribution in [0.5, 0.6) is 5.75 Å². The Bertz CT molecular complexity index is 386. The lowest BCUT2D eigenvalue weighted by Gasteiger charge is -2.22. The van der Waals surface area contributed by atoms with Crippen LogP contribution in [-0.4, -0.2) is 31.9 Å². The van der Waals surface area contributed by atoms with Gasteiger partial charge < -0.3 is 4.74 Å². The largest absolute Gasteiger partial charge is 0.496 e. The SMILES string of the molecule is COc1ccc(C(C(C)=O)N(C)C)cc1C. The van der Waals surface area contributed by atoms with Crippen molar-refractivity contribution in [2.24, 2.45) is 0 Å². The van der Waals surface area contributed by atoms with E-state index in [9.17, 15) is 4.79 Å². The fourth-order valence-electron chi connectivity index (χ4n) is 1.97. The molecule has 0 aromatic heterocycles.